The van der Waals surface area contributed by atoms with E-state index in [1.54, 1.807) is 0 Å². The Hall–Kier alpha value is -1.52. The molecule has 5 nitrogen and oxygen atoms in total. The summed E-state index contributed by atoms with van der Waals surface area (Å²) in [6, 6.07) is 2.99. The molecular formula is C14H25N5. The quantitative estimate of drug-likeness (QED) is 0.632. The van der Waals surface area contributed by atoms with Crippen LogP contribution in [0.25, 0.3) is 0 Å². The number of rotatable bonds is 5. The maximum Gasteiger partial charge on any atom is 0.189 e. The van der Waals surface area contributed by atoms with Gasteiger partial charge in [-0.15, -0.1) is 0 Å². The van der Waals surface area contributed by atoms with E-state index in [0.29, 0.717) is 24.6 Å². The minimum Gasteiger partial charge on any atom is -0.370 e. The summed E-state index contributed by atoms with van der Waals surface area (Å²) in [6.45, 7) is 4.76. The van der Waals surface area contributed by atoms with Crippen molar-refractivity contribution in [1.29, 1.82) is 0 Å². The number of nitrogens with two attached hydrogens (primary N) is 1. The van der Waals surface area contributed by atoms with E-state index in [2.05, 4.69) is 40.1 Å². The summed E-state index contributed by atoms with van der Waals surface area (Å²) in [6.07, 6.45) is 8.25. The Kier molecular flexibility index (Phi) is 4.82. The van der Waals surface area contributed by atoms with Crippen molar-refractivity contribution >= 4 is 5.96 Å². The number of guanidine groups is 1. The normalized spacial score (nSPS) is 18.7. The van der Waals surface area contributed by atoms with Gasteiger partial charge in [-0.3, -0.25) is 4.68 Å². The van der Waals surface area contributed by atoms with Crippen LogP contribution >= 0.6 is 0 Å². The number of aromatic nitrogens is 2. The lowest BCUT2D eigenvalue weighted by Gasteiger charge is -2.11. The number of hydrogen-bond donors (Lipinski definition) is 2. The van der Waals surface area contributed by atoms with Gasteiger partial charge >= 0.3 is 0 Å². The molecule has 1 aliphatic carbocycles. The minimum atomic E-state index is 0.361. The van der Waals surface area contributed by atoms with Crippen molar-refractivity contribution in [3.63, 3.8) is 0 Å². The third-order valence-corrected chi connectivity index (χ3v) is 3.78. The fraction of sp³-hybridized carbons (Fsp3) is 0.714. The summed E-state index contributed by atoms with van der Waals surface area (Å²) in [5.41, 5.74) is 6.82. The summed E-state index contributed by atoms with van der Waals surface area (Å²) in [4.78, 5) is 4.33. The molecule has 0 bridgehead atoms. The van der Waals surface area contributed by atoms with Crippen LogP contribution in [0.4, 0.5) is 0 Å². The van der Waals surface area contributed by atoms with Gasteiger partial charge in [0.2, 0.25) is 0 Å². The topological polar surface area (TPSA) is 68.2 Å². The zero-order valence-electron chi connectivity index (χ0n) is 12.0. The fourth-order valence-electron chi connectivity index (χ4n) is 2.40. The first-order valence-electron chi connectivity index (χ1n) is 7.29. The molecule has 0 radical (unpaired) electrons. The van der Waals surface area contributed by atoms with Gasteiger partial charge in [0, 0.05) is 12.2 Å². The first-order valence-corrected chi connectivity index (χ1v) is 7.29. The number of nitrogens with zero attached hydrogens (tertiary/aromatic N) is 3. The van der Waals surface area contributed by atoms with Gasteiger partial charge in [-0.25, -0.2) is 4.99 Å². The van der Waals surface area contributed by atoms with Crippen LogP contribution in [-0.4, -0.2) is 21.8 Å². The van der Waals surface area contributed by atoms with Crippen molar-refractivity contribution in [3.8, 4) is 0 Å². The molecule has 0 amide bonds. The van der Waals surface area contributed by atoms with E-state index < -0.39 is 0 Å². The largest absolute Gasteiger partial charge is 0.370 e. The van der Waals surface area contributed by atoms with E-state index >= 15 is 0 Å². The van der Waals surface area contributed by atoms with Crippen molar-refractivity contribution in [1.82, 2.24) is 15.1 Å². The van der Waals surface area contributed by atoms with Crippen molar-refractivity contribution in [2.24, 2.45) is 10.7 Å². The molecule has 2 rings (SSSR count). The van der Waals surface area contributed by atoms with Crippen LogP contribution in [0.15, 0.2) is 17.3 Å². The van der Waals surface area contributed by atoms with E-state index in [1.807, 2.05) is 6.07 Å². The molecule has 1 aliphatic rings. The fourth-order valence-corrected chi connectivity index (χ4v) is 2.40. The molecule has 1 saturated carbocycles. The van der Waals surface area contributed by atoms with Gasteiger partial charge < -0.3 is 11.1 Å². The second-order valence-electron chi connectivity index (χ2n) is 5.38. The molecule has 5 heteroatoms. The summed E-state index contributed by atoms with van der Waals surface area (Å²) < 4.78 is 2.09. The molecule has 1 atom stereocenters. The molecule has 0 saturated heterocycles. The lowest BCUT2D eigenvalue weighted by atomic mass is 10.3. The van der Waals surface area contributed by atoms with Gasteiger partial charge in [0.1, 0.15) is 0 Å². The maximum absolute atomic E-state index is 5.83. The summed E-state index contributed by atoms with van der Waals surface area (Å²) in [5, 5.41) is 7.74. The predicted molar refractivity (Wildman–Crippen MR) is 77.9 cm³/mol. The molecule has 1 heterocycles. The van der Waals surface area contributed by atoms with E-state index in [1.165, 1.54) is 25.7 Å². The average molecular weight is 263 g/mol. The second-order valence-corrected chi connectivity index (χ2v) is 5.38. The van der Waals surface area contributed by atoms with Gasteiger partial charge in [-0.1, -0.05) is 19.8 Å². The molecule has 1 unspecified atom stereocenters. The number of nitrogens with one attached hydrogen (secondary N) is 1. The number of aliphatic imine (C=N–C) groups is 1. The third-order valence-electron chi connectivity index (χ3n) is 3.78. The lowest BCUT2D eigenvalue weighted by Crippen LogP contribution is -2.38. The van der Waals surface area contributed by atoms with Crippen molar-refractivity contribution in [2.75, 3.05) is 0 Å². The highest BCUT2D eigenvalue weighted by Gasteiger charge is 2.17. The Balaban J connectivity index is 1.87. The van der Waals surface area contributed by atoms with Crippen LogP contribution < -0.4 is 11.1 Å². The second kappa shape index (κ2) is 6.59. The molecule has 3 N–H and O–H groups in total. The van der Waals surface area contributed by atoms with E-state index in [0.717, 1.165) is 12.1 Å². The highest BCUT2D eigenvalue weighted by atomic mass is 15.3. The van der Waals surface area contributed by atoms with Gasteiger partial charge in [-0.05, 0) is 32.3 Å². The van der Waals surface area contributed by atoms with E-state index in [9.17, 15) is 0 Å². The lowest BCUT2D eigenvalue weighted by molar-refractivity contribution is 0.463. The van der Waals surface area contributed by atoms with Crippen LogP contribution in [0.1, 0.15) is 57.7 Å². The van der Waals surface area contributed by atoms with E-state index in [-0.39, 0.29) is 0 Å². The molecule has 106 valence electrons. The Morgan fingerprint density at radius 2 is 2.32 bits per heavy atom. The Labute approximate surface area is 115 Å². The molecule has 1 aromatic heterocycles. The van der Waals surface area contributed by atoms with Crippen molar-refractivity contribution in [3.05, 3.63) is 18.0 Å². The van der Waals surface area contributed by atoms with Gasteiger partial charge in [0.05, 0.1) is 18.3 Å². The van der Waals surface area contributed by atoms with Crippen LogP contribution in [0.2, 0.25) is 0 Å². The zero-order valence-corrected chi connectivity index (χ0v) is 12.0. The first-order chi connectivity index (χ1) is 9.19. The Morgan fingerprint density at radius 1 is 1.58 bits per heavy atom. The van der Waals surface area contributed by atoms with Crippen molar-refractivity contribution in [2.45, 2.75) is 64.6 Å². The van der Waals surface area contributed by atoms with Gasteiger partial charge in [-0.2, -0.15) is 5.10 Å². The molecule has 1 aromatic rings. The first kappa shape index (κ1) is 13.9. The highest BCUT2D eigenvalue weighted by Crippen LogP contribution is 2.28. The monoisotopic (exact) mass is 263 g/mol. The molecule has 0 aromatic carbocycles. The molecule has 1 fully saturated rings. The SMILES string of the molecule is CCC(C)NC(N)=NCc1ccn(C2CCCC2)n1. The predicted octanol–water partition coefficient (Wildman–Crippen LogP) is 2.20. The van der Waals surface area contributed by atoms with Crippen LogP contribution in [0, 0.1) is 0 Å². The minimum absolute atomic E-state index is 0.361. The maximum atomic E-state index is 5.83. The summed E-state index contributed by atoms with van der Waals surface area (Å²) in [5.74, 6) is 0.504. The smallest absolute Gasteiger partial charge is 0.189 e. The zero-order chi connectivity index (χ0) is 13.7. The number of hydrogen-bond acceptors (Lipinski definition) is 2. The third kappa shape index (κ3) is 3.98. The standard InChI is InChI=1S/C14H25N5/c1-3-11(2)17-14(15)16-10-12-8-9-19(18-12)13-6-4-5-7-13/h8-9,11,13H,3-7,10H2,1-2H3,(H3,15,16,17). The molecule has 0 aliphatic heterocycles. The van der Waals surface area contributed by atoms with Crippen LogP contribution in [-0.2, 0) is 6.54 Å². The van der Waals surface area contributed by atoms with Crippen LogP contribution in [0.3, 0.4) is 0 Å². The van der Waals surface area contributed by atoms with Gasteiger partial charge in [0.25, 0.3) is 0 Å². The Bertz CT molecular complexity index is 417. The highest BCUT2D eigenvalue weighted by molar-refractivity contribution is 5.78. The van der Waals surface area contributed by atoms with Gasteiger partial charge in [0.15, 0.2) is 5.96 Å². The summed E-state index contributed by atoms with van der Waals surface area (Å²) >= 11 is 0. The van der Waals surface area contributed by atoms with E-state index in [4.69, 9.17) is 5.73 Å². The average Bonchev–Trinajstić information content (AvgIpc) is 3.06. The molecule has 0 spiro atoms. The molecule has 19 heavy (non-hydrogen) atoms. The summed E-state index contributed by atoms with van der Waals surface area (Å²) in [7, 11) is 0. The Morgan fingerprint density at radius 3 is 3.00 bits per heavy atom. The van der Waals surface area contributed by atoms with Crippen molar-refractivity contribution < 1.29 is 0 Å². The van der Waals surface area contributed by atoms with Crippen LogP contribution in [0.5, 0.6) is 0 Å². The molecular weight excluding hydrogens is 238 g/mol.